The van der Waals surface area contributed by atoms with Crippen LogP contribution in [0, 0.1) is 11.8 Å². The van der Waals surface area contributed by atoms with Crippen molar-refractivity contribution in [3.63, 3.8) is 0 Å². The molecular formula is C16H30O2. The van der Waals surface area contributed by atoms with E-state index in [9.17, 15) is 0 Å². The summed E-state index contributed by atoms with van der Waals surface area (Å²) < 4.78 is 10.7. The molecule has 3 fully saturated rings. The van der Waals surface area contributed by atoms with Crippen LogP contribution in [0.1, 0.15) is 64.2 Å². The third-order valence-electron chi connectivity index (χ3n) is 4.48. The molecular weight excluding hydrogens is 224 g/mol. The average Bonchev–Trinajstić information content (AvgIpc) is 3.16. The molecule has 18 heavy (non-hydrogen) atoms. The van der Waals surface area contributed by atoms with Crippen LogP contribution in [-0.4, -0.2) is 26.4 Å². The molecule has 0 radical (unpaired) electrons. The van der Waals surface area contributed by atoms with Crippen molar-refractivity contribution in [2.75, 3.05) is 26.4 Å². The second-order valence-electron chi connectivity index (χ2n) is 6.16. The summed E-state index contributed by atoms with van der Waals surface area (Å²) in [7, 11) is 0. The third-order valence-corrected chi connectivity index (χ3v) is 4.48. The van der Waals surface area contributed by atoms with E-state index in [-0.39, 0.29) is 0 Å². The van der Waals surface area contributed by atoms with Crippen molar-refractivity contribution in [1.82, 2.24) is 0 Å². The molecule has 0 atom stereocenters. The van der Waals surface area contributed by atoms with Gasteiger partial charge >= 0.3 is 0 Å². The Kier molecular flexibility index (Phi) is 7.11. The topological polar surface area (TPSA) is 18.5 Å². The Hall–Kier alpha value is -0.0800. The largest absolute Gasteiger partial charge is 0.381 e. The lowest BCUT2D eigenvalue weighted by molar-refractivity contribution is 0.0743. The van der Waals surface area contributed by atoms with E-state index < -0.39 is 0 Å². The van der Waals surface area contributed by atoms with Crippen molar-refractivity contribution in [1.29, 1.82) is 0 Å². The molecule has 0 unspecified atom stereocenters. The fourth-order valence-electron chi connectivity index (χ4n) is 3.27. The second-order valence-corrected chi connectivity index (χ2v) is 6.16. The van der Waals surface area contributed by atoms with Gasteiger partial charge in [-0.25, -0.2) is 0 Å². The fourth-order valence-corrected chi connectivity index (χ4v) is 3.27. The summed E-state index contributed by atoms with van der Waals surface area (Å²) in [4.78, 5) is 0. The Balaban J connectivity index is 0.000000202. The Morgan fingerprint density at radius 1 is 0.667 bits per heavy atom. The van der Waals surface area contributed by atoms with Crippen molar-refractivity contribution in [3.8, 4) is 0 Å². The van der Waals surface area contributed by atoms with E-state index in [1.54, 1.807) is 0 Å². The van der Waals surface area contributed by atoms with Gasteiger partial charge in [0, 0.05) is 26.4 Å². The smallest absolute Gasteiger partial charge is 0.0494 e. The molecule has 2 saturated carbocycles. The monoisotopic (exact) mass is 254 g/mol. The van der Waals surface area contributed by atoms with Gasteiger partial charge in [0.1, 0.15) is 0 Å². The molecule has 2 heteroatoms. The van der Waals surface area contributed by atoms with Gasteiger partial charge in [0.15, 0.2) is 0 Å². The Morgan fingerprint density at radius 2 is 1.11 bits per heavy atom. The van der Waals surface area contributed by atoms with Gasteiger partial charge in [-0.05, 0) is 50.4 Å². The highest BCUT2D eigenvalue weighted by atomic mass is 16.5. The van der Waals surface area contributed by atoms with Crippen LogP contribution >= 0.6 is 0 Å². The van der Waals surface area contributed by atoms with Crippen LogP contribution in [0.3, 0.4) is 0 Å². The van der Waals surface area contributed by atoms with Crippen LogP contribution in [0.25, 0.3) is 0 Å². The van der Waals surface area contributed by atoms with E-state index in [0.29, 0.717) is 0 Å². The Labute approximate surface area is 112 Å². The molecule has 1 heterocycles. The molecule has 0 spiro atoms. The van der Waals surface area contributed by atoms with E-state index in [1.807, 2.05) is 0 Å². The zero-order valence-corrected chi connectivity index (χ0v) is 11.9. The predicted molar refractivity (Wildman–Crippen MR) is 74.8 cm³/mol. The first kappa shape index (κ1) is 14.3. The molecule has 0 bridgehead atoms. The summed E-state index contributed by atoms with van der Waals surface area (Å²) in [5.41, 5.74) is 0. The van der Waals surface area contributed by atoms with Crippen LogP contribution in [0.2, 0.25) is 0 Å². The maximum Gasteiger partial charge on any atom is 0.0494 e. The molecule has 0 aromatic carbocycles. The number of ether oxygens (including phenoxy) is 2. The molecule has 0 aromatic rings. The number of hydrogen-bond donors (Lipinski definition) is 0. The van der Waals surface area contributed by atoms with Gasteiger partial charge in [-0.2, -0.15) is 0 Å². The summed E-state index contributed by atoms with van der Waals surface area (Å²) in [6.07, 6.45) is 14.0. The first-order chi connectivity index (χ1) is 8.95. The van der Waals surface area contributed by atoms with Crippen LogP contribution < -0.4 is 0 Å². The summed E-state index contributed by atoms with van der Waals surface area (Å²) in [5, 5.41) is 0. The average molecular weight is 254 g/mol. The highest BCUT2D eigenvalue weighted by Crippen LogP contribution is 2.27. The molecule has 0 N–H and O–H groups in total. The lowest BCUT2D eigenvalue weighted by atomic mass is 10.1. The molecule has 0 amide bonds. The lowest BCUT2D eigenvalue weighted by Gasteiger charge is -2.13. The molecule has 106 valence electrons. The Morgan fingerprint density at radius 3 is 1.44 bits per heavy atom. The summed E-state index contributed by atoms with van der Waals surface area (Å²) in [6.45, 7) is 4.10. The highest BCUT2D eigenvalue weighted by molar-refractivity contribution is 4.69. The second kappa shape index (κ2) is 8.92. The molecule has 2 aliphatic carbocycles. The van der Waals surface area contributed by atoms with Gasteiger partial charge in [0.2, 0.25) is 0 Å². The quantitative estimate of drug-likeness (QED) is 0.749. The highest BCUT2D eigenvalue weighted by Gasteiger charge is 2.18. The van der Waals surface area contributed by atoms with E-state index in [4.69, 9.17) is 9.47 Å². The maximum absolute atomic E-state index is 5.80. The van der Waals surface area contributed by atoms with Crippen LogP contribution in [0.15, 0.2) is 0 Å². The molecule has 2 nitrogen and oxygen atoms in total. The van der Waals surface area contributed by atoms with Crippen molar-refractivity contribution in [2.45, 2.75) is 64.2 Å². The van der Waals surface area contributed by atoms with Crippen molar-refractivity contribution >= 4 is 0 Å². The van der Waals surface area contributed by atoms with Gasteiger partial charge in [0.05, 0.1) is 0 Å². The molecule has 3 rings (SSSR count). The molecule has 1 aliphatic heterocycles. The van der Waals surface area contributed by atoms with Gasteiger partial charge in [-0.15, -0.1) is 0 Å². The van der Waals surface area contributed by atoms with E-state index >= 15 is 0 Å². The van der Waals surface area contributed by atoms with Crippen molar-refractivity contribution < 1.29 is 9.47 Å². The normalized spacial score (nSPS) is 25.3. The number of rotatable bonds is 4. The minimum absolute atomic E-state index is 0.904. The first-order valence-electron chi connectivity index (χ1n) is 8.10. The van der Waals surface area contributed by atoms with Gasteiger partial charge in [-0.3, -0.25) is 0 Å². The van der Waals surface area contributed by atoms with E-state index in [1.165, 1.54) is 64.2 Å². The zero-order valence-electron chi connectivity index (χ0n) is 11.9. The third kappa shape index (κ3) is 5.71. The predicted octanol–water partition coefficient (Wildman–Crippen LogP) is 4.18. The first-order valence-corrected chi connectivity index (χ1v) is 8.10. The minimum atomic E-state index is 0.904. The van der Waals surface area contributed by atoms with Gasteiger partial charge < -0.3 is 9.47 Å². The van der Waals surface area contributed by atoms with Crippen molar-refractivity contribution in [3.05, 3.63) is 0 Å². The molecule has 0 aromatic heterocycles. The molecule has 3 aliphatic rings. The zero-order chi connectivity index (χ0) is 12.5. The van der Waals surface area contributed by atoms with Crippen LogP contribution in [0.5, 0.6) is 0 Å². The van der Waals surface area contributed by atoms with E-state index in [2.05, 4.69) is 0 Å². The van der Waals surface area contributed by atoms with Crippen LogP contribution in [-0.2, 0) is 9.47 Å². The Bertz CT molecular complexity index is 166. The van der Waals surface area contributed by atoms with Crippen molar-refractivity contribution in [2.24, 2.45) is 11.8 Å². The summed E-state index contributed by atoms with van der Waals surface area (Å²) in [6, 6.07) is 0. The summed E-state index contributed by atoms with van der Waals surface area (Å²) >= 11 is 0. The lowest BCUT2D eigenvalue weighted by Crippen LogP contribution is -2.11. The van der Waals surface area contributed by atoms with Gasteiger partial charge in [0.25, 0.3) is 0 Å². The fraction of sp³-hybridized carbons (Fsp3) is 1.00. The standard InChI is InChI=1S/C12H22O.C4H8O/c1-2-6-11(5-1)9-13-10-12-7-3-4-8-12;1-2-4-5-3-1/h11-12H,1-10H2;1-4H2. The van der Waals surface area contributed by atoms with Crippen LogP contribution in [0.4, 0.5) is 0 Å². The summed E-state index contributed by atoms with van der Waals surface area (Å²) in [5.74, 6) is 1.81. The minimum Gasteiger partial charge on any atom is -0.381 e. The van der Waals surface area contributed by atoms with Gasteiger partial charge in [-0.1, -0.05) is 25.7 Å². The SMILES string of the molecule is C1CCC(COCC2CCCC2)C1.C1CCOC1. The molecule has 1 saturated heterocycles. The number of hydrogen-bond acceptors (Lipinski definition) is 2. The van der Waals surface area contributed by atoms with E-state index in [0.717, 1.165) is 38.3 Å². The maximum atomic E-state index is 5.80.